The van der Waals surface area contributed by atoms with E-state index >= 15 is 0 Å². The van der Waals surface area contributed by atoms with Gasteiger partial charge < -0.3 is 20.9 Å². The maximum absolute atomic E-state index is 12.8. The Morgan fingerprint density at radius 1 is 1.36 bits per heavy atom. The van der Waals surface area contributed by atoms with Gasteiger partial charge in [-0.2, -0.15) is 0 Å². The minimum atomic E-state index is -0.613. The topological polar surface area (TPSA) is 78.7 Å². The van der Waals surface area contributed by atoms with Gasteiger partial charge in [0, 0.05) is 19.1 Å². The number of nitrogens with two attached hydrogens (primary N) is 1. The van der Waals surface area contributed by atoms with Crippen molar-refractivity contribution in [3.63, 3.8) is 0 Å². The Labute approximate surface area is 150 Å². The Morgan fingerprint density at radius 2 is 2.08 bits per heavy atom. The molecule has 1 fully saturated rings. The normalized spacial score (nSPS) is 21.4. The van der Waals surface area contributed by atoms with E-state index in [0.29, 0.717) is 12.0 Å². The quantitative estimate of drug-likeness (QED) is 0.826. The molecule has 0 bridgehead atoms. The highest BCUT2D eigenvalue weighted by Gasteiger charge is 2.36. The van der Waals surface area contributed by atoms with Gasteiger partial charge in [-0.05, 0) is 32.5 Å². The van der Waals surface area contributed by atoms with Crippen molar-refractivity contribution in [2.45, 2.75) is 38.8 Å². The highest BCUT2D eigenvalue weighted by molar-refractivity contribution is 5.79. The van der Waals surface area contributed by atoms with E-state index in [1.807, 2.05) is 36.1 Å². The van der Waals surface area contributed by atoms with E-state index in [1.54, 1.807) is 0 Å². The number of likely N-dealkylation sites (tertiary alicyclic amines) is 1. The van der Waals surface area contributed by atoms with Gasteiger partial charge in [0.15, 0.2) is 0 Å². The number of benzene rings is 1. The third-order valence-corrected chi connectivity index (χ3v) is 5.09. The molecule has 3 atom stereocenters. The number of carbonyl (C=O) groups excluding carboxylic acids is 2. The van der Waals surface area contributed by atoms with Gasteiger partial charge in [-0.15, -0.1) is 0 Å². The molecule has 1 aliphatic heterocycles. The van der Waals surface area contributed by atoms with Crippen LogP contribution in [-0.4, -0.2) is 55.0 Å². The van der Waals surface area contributed by atoms with E-state index in [9.17, 15) is 9.59 Å². The molecule has 6 heteroatoms. The molecule has 1 aromatic rings. The molecule has 6 nitrogen and oxygen atoms in total. The number of urea groups is 1. The Morgan fingerprint density at radius 3 is 2.60 bits per heavy atom. The first-order valence-corrected chi connectivity index (χ1v) is 8.88. The first-order chi connectivity index (χ1) is 11.8. The standard InChI is InChI=1S/C19H30N4O2/c1-5-14-11-23(12-17(14)22(3)4)18(24)10-16(21-19(20)25)15-8-6-7-13(2)9-15/h6-9,14,16-17H,5,10-12H2,1-4H3,(H3,20,21,25)/t14-,16-,17-/m1/s1. The van der Waals surface area contributed by atoms with Gasteiger partial charge in [0.1, 0.15) is 0 Å². The van der Waals surface area contributed by atoms with Crippen molar-refractivity contribution >= 4 is 11.9 Å². The summed E-state index contributed by atoms with van der Waals surface area (Å²) >= 11 is 0. The van der Waals surface area contributed by atoms with Crippen LogP contribution in [0.15, 0.2) is 24.3 Å². The zero-order chi connectivity index (χ0) is 18.6. The number of carbonyl (C=O) groups is 2. The number of aryl methyl sites for hydroxylation is 1. The van der Waals surface area contributed by atoms with Crippen molar-refractivity contribution in [3.8, 4) is 0 Å². The zero-order valence-corrected chi connectivity index (χ0v) is 15.7. The zero-order valence-electron chi connectivity index (χ0n) is 15.7. The number of amides is 3. The molecule has 0 saturated carbocycles. The molecule has 3 N–H and O–H groups in total. The van der Waals surface area contributed by atoms with Crippen LogP contribution in [0.3, 0.4) is 0 Å². The van der Waals surface area contributed by atoms with Crippen LogP contribution < -0.4 is 11.1 Å². The molecule has 0 unspecified atom stereocenters. The molecule has 25 heavy (non-hydrogen) atoms. The largest absolute Gasteiger partial charge is 0.352 e. The molecular weight excluding hydrogens is 316 g/mol. The lowest BCUT2D eigenvalue weighted by Gasteiger charge is -2.24. The van der Waals surface area contributed by atoms with Crippen LogP contribution in [0.25, 0.3) is 0 Å². The van der Waals surface area contributed by atoms with Crippen LogP contribution in [0, 0.1) is 12.8 Å². The van der Waals surface area contributed by atoms with Crippen LogP contribution >= 0.6 is 0 Å². The first-order valence-electron chi connectivity index (χ1n) is 8.88. The predicted molar refractivity (Wildman–Crippen MR) is 99.1 cm³/mol. The summed E-state index contributed by atoms with van der Waals surface area (Å²) in [5.74, 6) is 0.545. The Balaban J connectivity index is 2.11. The summed E-state index contributed by atoms with van der Waals surface area (Å²) in [6.07, 6.45) is 1.27. The average Bonchev–Trinajstić information content (AvgIpc) is 2.98. The Hall–Kier alpha value is -2.08. The number of nitrogens with zero attached hydrogens (tertiary/aromatic N) is 2. The molecule has 1 aromatic carbocycles. The molecule has 1 saturated heterocycles. The summed E-state index contributed by atoms with van der Waals surface area (Å²) in [6, 6.07) is 7.19. The highest BCUT2D eigenvalue weighted by Crippen LogP contribution is 2.26. The summed E-state index contributed by atoms with van der Waals surface area (Å²) in [7, 11) is 4.12. The van der Waals surface area contributed by atoms with Gasteiger partial charge in [-0.25, -0.2) is 4.79 Å². The third kappa shape index (κ3) is 4.95. The minimum absolute atomic E-state index is 0.0584. The molecule has 1 heterocycles. The van der Waals surface area contributed by atoms with E-state index in [-0.39, 0.29) is 12.3 Å². The van der Waals surface area contributed by atoms with Crippen molar-refractivity contribution in [2.24, 2.45) is 11.7 Å². The van der Waals surface area contributed by atoms with Gasteiger partial charge >= 0.3 is 6.03 Å². The number of hydrogen-bond acceptors (Lipinski definition) is 3. The predicted octanol–water partition coefficient (Wildman–Crippen LogP) is 1.89. The highest BCUT2D eigenvalue weighted by atomic mass is 16.2. The van der Waals surface area contributed by atoms with Crippen LogP contribution in [0.2, 0.25) is 0 Å². The van der Waals surface area contributed by atoms with Crippen molar-refractivity contribution in [2.75, 3.05) is 27.2 Å². The van der Waals surface area contributed by atoms with E-state index < -0.39 is 12.1 Å². The summed E-state index contributed by atoms with van der Waals surface area (Å²) in [4.78, 5) is 28.3. The van der Waals surface area contributed by atoms with Crippen LogP contribution in [0.5, 0.6) is 0 Å². The first kappa shape index (κ1) is 19.2. The monoisotopic (exact) mass is 346 g/mol. The Bertz CT molecular complexity index is 617. The van der Waals surface area contributed by atoms with E-state index in [4.69, 9.17) is 5.73 Å². The van der Waals surface area contributed by atoms with Gasteiger partial charge in [-0.3, -0.25) is 4.79 Å². The molecule has 0 spiro atoms. The van der Waals surface area contributed by atoms with Crippen molar-refractivity contribution in [1.82, 2.24) is 15.1 Å². The maximum atomic E-state index is 12.8. The smallest absolute Gasteiger partial charge is 0.312 e. The molecule has 138 valence electrons. The summed E-state index contributed by atoms with van der Waals surface area (Å²) in [6.45, 7) is 5.66. The molecule has 0 aromatic heterocycles. The number of hydrogen-bond donors (Lipinski definition) is 2. The molecule has 3 amide bonds. The fraction of sp³-hybridized carbons (Fsp3) is 0.579. The van der Waals surface area contributed by atoms with Gasteiger partial charge in [-0.1, -0.05) is 43.2 Å². The van der Waals surface area contributed by atoms with Crippen molar-refractivity contribution in [3.05, 3.63) is 35.4 Å². The second-order valence-electron chi connectivity index (χ2n) is 7.18. The summed E-state index contributed by atoms with van der Waals surface area (Å²) in [5.41, 5.74) is 7.31. The third-order valence-electron chi connectivity index (χ3n) is 5.09. The average molecular weight is 346 g/mol. The molecular formula is C19H30N4O2. The SMILES string of the molecule is CC[C@@H]1CN(C(=O)C[C@@H](NC(N)=O)c2cccc(C)c2)C[C@H]1N(C)C. The van der Waals surface area contributed by atoms with Gasteiger partial charge in [0.2, 0.25) is 5.91 Å². The van der Waals surface area contributed by atoms with E-state index in [2.05, 4.69) is 31.2 Å². The molecule has 2 rings (SSSR count). The van der Waals surface area contributed by atoms with Gasteiger partial charge in [0.25, 0.3) is 0 Å². The fourth-order valence-electron chi connectivity index (χ4n) is 3.66. The van der Waals surface area contributed by atoms with Gasteiger partial charge in [0.05, 0.1) is 12.5 Å². The summed E-state index contributed by atoms with van der Waals surface area (Å²) < 4.78 is 0. The van der Waals surface area contributed by atoms with Crippen LogP contribution in [-0.2, 0) is 4.79 Å². The lowest BCUT2D eigenvalue weighted by atomic mass is 10.0. The summed E-state index contributed by atoms with van der Waals surface area (Å²) in [5, 5.41) is 2.72. The number of nitrogens with one attached hydrogen (secondary N) is 1. The molecule has 0 aliphatic carbocycles. The molecule has 1 aliphatic rings. The second kappa shape index (κ2) is 8.34. The van der Waals surface area contributed by atoms with Crippen molar-refractivity contribution in [1.29, 1.82) is 0 Å². The second-order valence-corrected chi connectivity index (χ2v) is 7.18. The lowest BCUT2D eigenvalue weighted by Crippen LogP contribution is -2.39. The van der Waals surface area contributed by atoms with E-state index in [1.165, 1.54) is 0 Å². The van der Waals surface area contributed by atoms with Crippen molar-refractivity contribution < 1.29 is 9.59 Å². The van der Waals surface area contributed by atoms with Crippen LogP contribution in [0.4, 0.5) is 4.79 Å². The van der Waals surface area contributed by atoms with E-state index in [0.717, 1.165) is 30.6 Å². The minimum Gasteiger partial charge on any atom is -0.352 e. The lowest BCUT2D eigenvalue weighted by molar-refractivity contribution is -0.130. The number of primary amides is 1. The number of likely N-dealkylation sites (N-methyl/N-ethyl adjacent to an activating group) is 1. The molecule has 0 radical (unpaired) electrons. The number of rotatable bonds is 6. The van der Waals surface area contributed by atoms with Crippen LogP contribution in [0.1, 0.15) is 36.9 Å². The maximum Gasteiger partial charge on any atom is 0.312 e. The Kier molecular flexibility index (Phi) is 6.42. The fourth-order valence-corrected chi connectivity index (χ4v) is 3.66.